The van der Waals surface area contributed by atoms with Crippen LogP contribution in [0.25, 0.3) is 0 Å². The molecule has 12 nitrogen and oxygen atoms in total. The van der Waals surface area contributed by atoms with Gasteiger partial charge in [0.05, 0.1) is 18.5 Å². The third-order valence-corrected chi connectivity index (χ3v) is 13.8. The number of halogens is 1. The summed E-state index contributed by atoms with van der Waals surface area (Å²) in [6.45, 7) is 3.13. The molecule has 0 saturated carbocycles. The summed E-state index contributed by atoms with van der Waals surface area (Å²) in [5.74, 6) is -3.31. The molecular weight excluding hydrogens is 771 g/mol. The molecule has 0 bridgehead atoms. The maximum Gasteiger partial charge on any atom is 0.325 e. The lowest BCUT2D eigenvalue weighted by molar-refractivity contribution is -0.145. The summed E-state index contributed by atoms with van der Waals surface area (Å²) in [6.07, 6.45) is -0.123. The van der Waals surface area contributed by atoms with Gasteiger partial charge in [-0.3, -0.25) is 28.8 Å². The van der Waals surface area contributed by atoms with Crippen molar-refractivity contribution in [1.82, 2.24) is 15.5 Å². The van der Waals surface area contributed by atoms with E-state index >= 15 is 0 Å². The molecule has 4 amide bonds. The number of hydrogen-bond acceptors (Lipinski definition) is 10. The highest BCUT2D eigenvalue weighted by Gasteiger charge is 2.52. The highest BCUT2D eigenvalue weighted by molar-refractivity contribution is 8.00. The number of benzene rings is 3. The van der Waals surface area contributed by atoms with Crippen LogP contribution in [0, 0.1) is 0 Å². The molecule has 1 fully saturated rings. The lowest BCUT2D eigenvalue weighted by Crippen LogP contribution is -3.00. The lowest BCUT2D eigenvalue weighted by atomic mass is 10.1. The Balaban J connectivity index is 0.00000729. The Morgan fingerprint density at radius 3 is 1.88 bits per heavy atom. The molecule has 0 aliphatic carbocycles. The second kappa shape index (κ2) is 20.8. The number of carbonyl (C=O) groups excluding carboxylic acids is 6. The van der Waals surface area contributed by atoms with E-state index in [1.54, 1.807) is 13.8 Å². The summed E-state index contributed by atoms with van der Waals surface area (Å²) < 4.78 is 9.78. The van der Waals surface area contributed by atoms with Crippen molar-refractivity contribution in [3.8, 4) is 0 Å². The van der Waals surface area contributed by atoms with Gasteiger partial charge in [0.15, 0.2) is 6.29 Å². The van der Waals surface area contributed by atoms with Crippen LogP contribution >= 0.6 is 19.0 Å². The smallest absolute Gasteiger partial charge is 0.325 e. The predicted octanol–water partition coefficient (Wildman–Crippen LogP) is -1.36. The summed E-state index contributed by atoms with van der Waals surface area (Å²) in [7, 11) is -2.56. The molecule has 1 aliphatic rings. The SMILES string of the molecule is CCOC(=O)CNC(=O)[C@H](CSC1CC(=O)N(C[P+](c2ccccc2)(c2ccccc2)c2ccccc2)C1=O)NC(=O)CC[C@H](N)C(=O)OCC.[Br-]. The first-order valence-electron chi connectivity index (χ1n) is 16.8. The lowest BCUT2D eigenvalue weighted by Gasteiger charge is -2.30. The van der Waals surface area contributed by atoms with Crippen LogP contribution in [0.1, 0.15) is 33.1 Å². The van der Waals surface area contributed by atoms with Crippen molar-refractivity contribution in [2.75, 3.05) is 31.8 Å². The predicted molar refractivity (Wildman–Crippen MR) is 198 cm³/mol. The van der Waals surface area contributed by atoms with Gasteiger partial charge in [-0.15, -0.1) is 11.8 Å². The van der Waals surface area contributed by atoms with E-state index in [0.29, 0.717) is 0 Å². The Hall–Kier alpha value is -4.10. The monoisotopic (exact) mass is 814 g/mol. The molecule has 4 rings (SSSR count). The van der Waals surface area contributed by atoms with E-state index in [1.807, 2.05) is 91.0 Å². The third-order valence-electron chi connectivity index (χ3n) is 8.25. The number of hydrogen-bond donors (Lipinski definition) is 3. The highest BCUT2D eigenvalue weighted by Crippen LogP contribution is 2.56. The van der Waals surface area contributed by atoms with Crippen molar-refractivity contribution in [3.63, 3.8) is 0 Å². The van der Waals surface area contributed by atoms with E-state index in [9.17, 15) is 28.8 Å². The number of esters is 2. The number of nitrogens with one attached hydrogen (secondary N) is 2. The fraction of sp³-hybridized carbons (Fsp3) is 0.351. The molecular formula is C37H44BrN4O8PS. The molecule has 3 atom stereocenters. The molecule has 52 heavy (non-hydrogen) atoms. The fourth-order valence-electron chi connectivity index (χ4n) is 5.69. The molecule has 15 heteroatoms. The summed E-state index contributed by atoms with van der Waals surface area (Å²) in [4.78, 5) is 79.0. The normalized spacial score (nSPS) is 15.2. The number of ether oxygens (including phenoxy) is 2. The van der Waals surface area contributed by atoms with Crippen molar-refractivity contribution in [2.45, 2.75) is 50.4 Å². The molecule has 1 unspecified atom stereocenters. The number of rotatable bonds is 18. The van der Waals surface area contributed by atoms with E-state index in [-0.39, 0.29) is 73.3 Å². The minimum atomic E-state index is -2.56. The maximum absolute atomic E-state index is 14.1. The van der Waals surface area contributed by atoms with E-state index in [1.165, 1.54) is 4.90 Å². The first kappa shape index (κ1) is 42.3. The van der Waals surface area contributed by atoms with Gasteiger partial charge in [-0.05, 0) is 56.7 Å². The zero-order valence-electron chi connectivity index (χ0n) is 29.1. The van der Waals surface area contributed by atoms with Crippen LogP contribution in [0.5, 0.6) is 0 Å². The number of imide groups is 1. The zero-order chi connectivity index (χ0) is 36.8. The molecule has 1 heterocycles. The van der Waals surface area contributed by atoms with Gasteiger partial charge in [0.1, 0.15) is 41.8 Å². The minimum Gasteiger partial charge on any atom is -1.00 e. The van der Waals surface area contributed by atoms with Crippen LogP contribution in [-0.2, 0) is 38.2 Å². The van der Waals surface area contributed by atoms with E-state index in [0.717, 1.165) is 27.7 Å². The molecule has 0 spiro atoms. The van der Waals surface area contributed by atoms with Crippen LogP contribution in [0.4, 0.5) is 0 Å². The standard InChI is InChI=1S/C37H43N4O8PS.BrH/c1-3-48-34(44)23-39-35(45)30(40-32(42)21-20-29(38)37(47)49-4-2)24-51-31-22-33(43)41(36(31)46)25-50(26-14-8-5-9-15-26,27-16-10-6-11-17-27)28-18-12-7-13-19-28;/h5-19,29-31H,3-4,20-25,38H2,1-2H3,(H-,39,40,42,45);1H/t29-,30-,31?;/m0./s1. The first-order valence-corrected chi connectivity index (χ1v) is 19.8. The van der Waals surface area contributed by atoms with Gasteiger partial charge < -0.3 is 42.8 Å². The highest BCUT2D eigenvalue weighted by atomic mass is 79.9. The Morgan fingerprint density at radius 2 is 1.38 bits per heavy atom. The van der Waals surface area contributed by atoms with E-state index < -0.39 is 54.9 Å². The number of carbonyl (C=O) groups is 6. The fourth-order valence-corrected chi connectivity index (χ4v) is 11.0. The number of amides is 4. The average Bonchev–Trinajstić information content (AvgIpc) is 3.41. The van der Waals surface area contributed by atoms with Gasteiger partial charge in [-0.2, -0.15) is 0 Å². The molecule has 3 aromatic rings. The van der Waals surface area contributed by atoms with Crippen molar-refractivity contribution in [3.05, 3.63) is 91.0 Å². The van der Waals surface area contributed by atoms with Crippen LogP contribution in [0.2, 0.25) is 0 Å². The molecule has 1 aliphatic heterocycles. The summed E-state index contributed by atoms with van der Waals surface area (Å²) in [5.41, 5.74) is 5.83. The molecule has 0 aromatic heterocycles. The summed E-state index contributed by atoms with van der Waals surface area (Å²) in [5, 5.41) is 7.33. The first-order chi connectivity index (χ1) is 24.6. The largest absolute Gasteiger partial charge is 1.00 e. The quantitative estimate of drug-likeness (QED) is 0.0791. The maximum atomic E-state index is 14.1. The third kappa shape index (κ3) is 11.0. The van der Waals surface area contributed by atoms with Gasteiger partial charge in [-0.1, -0.05) is 54.6 Å². The number of nitrogens with zero attached hydrogens (tertiary/aromatic N) is 1. The van der Waals surface area contributed by atoms with Crippen LogP contribution in [0.3, 0.4) is 0 Å². The zero-order valence-corrected chi connectivity index (χ0v) is 32.4. The topological polar surface area (TPSA) is 174 Å². The second-order valence-corrected chi connectivity index (χ2v) is 16.4. The molecule has 1 saturated heterocycles. The van der Waals surface area contributed by atoms with Crippen LogP contribution < -0.4 is 49.3 Å². The van der Waals surface area contributed by atoms with Crippen LogP contribution in [0.15, 0.2) is 91.0 Å². The molecule has 4 N–H and O–H groups in total. The summed E-state index contributed by atoms with van der Waals surface area (Å²) >= 11 is 1.08. The molecule has 3 aromatic carbocycles. The molecule has 278 valence electrons. The van der Waals surface area contributed by atoms with Crippen molar-refractivity contribution < 1.29 is 55.2 Å². The Morgan fingerprint density at radius 1 is 0.865 bits per heavy atom. The second-order valence-electron chi connectivity index (χ2n) is 11.7. The van der Waals surface area contributed by atoms with Gasteiger partial charge in [0.2, 0.25) is 23.6 Å². The Bertz CT molecular complexity index is 1580. The average molecular weight is 816 g/mol. The van der Waals surface area contributed by atoms with Crippen LogP contribution in [-0.4, -0.2) is 89.6 Å². The van der Waals surface area contributed by atoms with Gasteiger partial charge in [0, 0.05) is 18.6 Å². The van der Waals surface area contributed by atoms with E-state index in [4.69, 9.17) is 15.2 Å². The summed E-state index contributed by atoms with van der Waals surface area (Å²) in [6, 6.07) is 27.5. The van der Waals surface area contributed by atoms with Crippen molar-refractivity contribution >= 4 is 70.5 Å². The number of nitrogens with two attached hydrogens (primary N) is 1. The minimum absolute atomic E-state index is 0. The number of thioether (sulfide) groups is 1. The Kier molecular flexibility index (Phi) is 16.9. The van der Waals surface area contributed by atoms with Gasteiger partial charge in [-0.25, -0.2) is 4.90 Å². The number of likely N-dealkylation sites (tertiary alicyclic amines) is 1. The van der Waals surface area contributed by atoms with Gasteiger partial charge in [0.25, 0.3) is 0 Å². The Labute approximate surface area is 319 Å². The van der Waals surface area contributed by atoms with Crippen molar-refractivity contribution in [2.24, 2.45) is 5.73 Å². The van der Waals surface area contributed by atoms with E-state index in [2.05, 4.69) is 10.6 Å². The van der Waals surface area contributed by atoms with Gasteiger partial charge >= 0.3 is 11.9 Å². The molecule has 0 radical (unpaired) electrons. The van der Waals surface area contributed by atoms with Crippen molar-refractivity contribution in [1.29, 1.82) is 0 Å².